The van der Waals surface area contributed by atoms with Crippen LogP contribution in [0.5, 0.6) is 0 Å². The van der Waals surface area contributed by atoms with Crippen molar-refractivity contribution in [2.24, 2.45) is 0 Å². The van der Waals surface area contributed by atoms with Gasteiger partial charge in [0.05, 0.1) is 18.8 Å². The molecule has 1 aliphatic heterocycles. The molecule has 2 nitrogen and oxygen atoms in total. The summed E-state index contributed by atoms with van der Waals surface area (Å²) in [6, 6.07) is 0. The number of hydrogen-bond acceptors (Lipinski definition) is 2. The third-order valence-electron chi connectivity index (χ3n) is 2.58. The summed E-state index contributed by atoms with van der Waals surface area (Å²) in [5.74, 6) is 0.384. The highest BCUT2D eigenvalue weighted by molar-refractivity contribution is 6.18. The second kappa shape index (κ2) is 6.61. The van der Waals surface area contributed by atoms with E-state index >= 15 is 0 Å². The lowest BCUT2D eigenvalue weighted by Crippen LogP contribution is -2.37. The van der Waals surface area contributed by atoms with E-state index in [0.717, 1.165) is 12.8 Å². The van der Waals surface area contributed by atoms with E-state index in [4.69, 9.17) is 16.3 Å². The maximum absolute atomic E-state index is 12.2. The third-order valence-corrected chi connectivity index (χ3v) is 2.75. The normalized spacial score (nSPS) is 26.8. The smallest absolute Gasteiger partial charge is 0.251 e. The van der Waals surface area contributed by atoms with Crippen molar-refractivity contribution >= 4 is 11.6 Å². The van der Waals surface area contributed by atoms with E-state index in [-0.39, 0.29) is 18.8 Å². The maximum atomic E-state index is 12.2. The molecule has 0 radical (unpaired) electrons. The minimum atomic E-state index is -2.30. The molecule has 1 fully saturated rings. The number of rotatable bonds is 6. The molecule has 0 amide bonds. The lowest BCUT2D eigenvalue weighted by molar-refractivity contribution is 0.0165. The van der Waals surface area contributed by atoms with Crippen molar-refractivity contribution in [3.05, 3.63) is 0 Å². The summed E-state index contributed by atoms with van der Waals surface area (Å²) < 4.78 is 30.1. The van der Waals surface area contributed by atoms with E-state index in [1.165, 1.54) is 0 Å². The first kappa shape index (κ1) is 13.1. The van der Waals surface area contributed by atoms with Gasteiger partial charge in [0, 0.05) is 19.0 Å². The summed E-state index contributed by atoms with van der Waals surface area (Å²) >= 11 is 5.57. The quantitative estimate of drug-likeness (QED) is 0.662. The SMILES string of the molecule is CC1CCC(CN(CCCl)CC(F)F)O1. The van der Waals surface area contributed by atoms with Crippen LogP contribution in [0.15, 0.2) is 0 Å². The van der Waals surface area contributed by atoms with Gasteiger partial charge in [0.1, 0.15) is 0 Å². The van der Waals surface area contributed by atoms with Gasteiger partial charge in [-0.05, 0) is 19.8 Å². The molecule has 0 bridgehead atoms. The van der Waals surface area contributed by atoms with Gasteiger partial charge in [-0.1, -0.05) is 0 Å². The van der Waals surface area contributed by atoms with Crippen LogP contribution in [0.4, 0.5) is 8.78 Å². The molecular weight excluding hydrogens is 224 g/mol. The van der Waals surface area contributed by atoms with E-state index in [2.05, 4.69) is 0 Å². The van der Waals surface area contributed by atoms with Gasteiger partial charge >= 0.3 is 0 Å². The molecule has 2 unspecified atom stereocenters. The van der Waals surface area contributed by atoms with E-state index < -0.39 is 6.43 Å². The first-order valence-corrected chi connectivity index (χ1v) is 5.87. The molecule has 5 heteroatoms. The van der Waals surface area contributed by atoms with Gasteiger partial charge in [-0.25, -0.2) is 8.78 Å². The topological polar surface area (TPSA) is 12.5 Å². The molecule has 0 aromatic heterocycles. The Morgan fingerprint density at radius 3 is 2.67 bits per heavy atom. The van der Waals surface area contributed by atoms with Crippen LogP contribution >= 0.6 is 11.6 Å². The van der Waals surface area contributed by atoms with Gasteiger partial charge in [0.25, 0.3) is 6.43 Å². The number of hydrogen-bond donors (Lipinski definition) is 0. The largest absolute Gasteiger partial charge is 0.374 e. The van der Waals surface area contributed by atoms with Crippen LogP contribution in [0.3, 0.4) is 0 Å². The van der Waals surface area contributed by atoms with Crippen LogP contribution < -0.4 is 0 Å². The zero-order valence-corrected chi connectivity index (χ0v) is 9.72. The number of nitrogens with zero attached hydrogens (tertiary/aromatic N) is 1. The number of alkyl halides is 3. The molecule has 1 saturated heterocycles. The predicted octanol–water partition coefficient (Wildman–Crippen LogP) is 2.36. The summed E-state index contributed by atoms with van der Waals surface area (Å²) in [5.41, 5.74) is 0. The van der Waals surface area contributed by atoms with Crippen LogP contribution in [0, 0.1) is 0 Å². The first-order valence-electron chi connectivity index (χ1n) is 5.33. The lowest BCUT2D eigenvalue weighted by atomic mass is 10.2. The van der Waals surface area contributed by atoms with Gasteiger partial charge in [-0.2, -0.15) is 0 Å². The fourth-order valence-corrected chi connectivity index (χ4v) is 2.12. The minimum absolute atomic E-state index is 0.0990. The number of ether oxygens (including phenoxy) is 1. The molecule has 1 aliphatic rings. The molecule has 1 heterocycles. The van der Waals surface area contributed by atoms with Crippen molar-refractivity contribution in [2.45, 2.75) is 38.4 Å². The molecule has 0 N–H and O–H groups in total. The van der Waals surface area contributed by atoms with Crippen molar-refractivity contribution in [2.75, 3.05) is 25.5 Å². The van der Waals surface area contributed by atoms with E-state index in [0.29, 0.717) is 19.0 Å². The van der Waals surface area contributed by atoms with Gasteiger partial charge in [-0.15, -0.1) is 11.6 Å². The van der Waals surface area contributed by atoms with Gasteiger partial charge in [0.2, 0.25) is 0 Å². The molecule has 2 atom stereocenters. The Kier molecular flexibility index (Phi) is 5.79. The molecule has 0 aromatic carbocycles. The summed E-state index contributed by atoms with van der Waals surface area (Å²) in [6.07, 6.45) is 0.0467. The van der Waals surface area contributed by atoms with Crippen LogP contribution in [0.2, 0.25) is 0 Å². The van der Waals surface area contributed by atoms with E-state index in [1.54, 1.807) is 4.90 Å². The van der Waals surface area contributed by atoms with Gasteiger partial charge in [0.15, 0.2) is 0 Å². The number of halogens is 3. The summed E-state index contributed by atoms with van der Waals surface area (Å²) in [5, 5.41) is 0. The highest BCUT2D eigenvalue weighted by Crippen LogP contribution is 2.20. The molecule has 0 saturated carbocycles. The zero-order valence-electron chi connectivity index (χ0n) is 8.96. The highest BCUT2D eigenvalue weighted by Gasteiger charge is 2.24. The summed E-state index contributed by atoms with van der Waals surface area (Å²) in [7, 11) is 0. The second-order valence-corrected chi connectivity index (χ2v) is 4.36. The Morgan fingerprint density at radius 2 is 2.20 bits per heavy atom. The lowest BCUT2D eigenvalue weighted by Gasteiger charge is -2.24. The Balaban J connectivity index is 2.30. The molecule has 0 aromatic rings. The average molecular weight is 242 g/mol. The maximum Gasteiger partial charge on any atom is 0.251 e. The van der Waals surface area contributed by atoms with Crippen molar-refractivity contribution in [3.63, 3.8) is 0 Å². The molecule has 1 rings (SSSR count). The summed E-state index contributed by atoms with van der Waals surface area (Å²) in [4.78, 5) is 1.68. The Bertz CT molecular complexity index is 183. The van der Waals surface area contributed by atoms with Gasteiger partial charge in [-0.3, -0.25) is 4.90 Å². The monoisotopic (exact) mass is 241 g/mol. The Labute approximate surface area is 94.5 Å². The van der Waals surface area contributed by atoms with Crippen molar-refractivity contribution in [1.82, 2.24) is 4.90 Å². The first-order chi connectivity index (χ1) is 7.11. The summed E-state index contributed by atoms with van der Waals surface area (Å²) in [6.45, 7) is 2.88. The van der Waals surface area contributed by atoms with Crippen LogP contribution in [0.25, 0.3) is 0 Å². The zero-order chi connectivity index (χ0) is 11.3. The average Bonchev–Trinajstić information content (AvgIpc) is 2.50. The minimum Gasteiger partial charge on any atom is -0.374 e. The highest BCUT2D eigenvalue weighted by atomic mass is 35.5. The molecule has 15 heavy (non-hydrogen) atoms. The van der Waals surface area contributed by atoms with Gasteiger partial charge < -0.3 is 4.74 Å². The molecule has 0 aliphatic carbocycles. The van der Waals surface area contributed by atoms with Crippen LogP contribution in [-0.4, -0.2) is 49.0 Å². The Hall–Kier alpha value is 0.0700. The van der Waals surface area contributed by atoms with Crippen LogP contribution in [-0.2, 0) is 4.74 Å². The van der Waals surface area contributed by atoms with Crippen molar-refractivity contribution < 1.29 is 13.5 Å². The standard InChI is InChI=1S/C10H18ClF2NO/c1-8-2-3-9(15-8)6-14(5-4-11)7-10(12)13/h8-10H,2-7H2,1H3. The fraction of sp³-hybridized carbons (Fsp3) is 1.00. The van der Waals surface area contributed by atoms with Crippen molar-refractivity contribution in [1.29, 1.82) is 0 Å². The second-order valence-electron chi connectivity index (χ2n) is 3.99. The van der Waals surface area contributed by atoms with Crippen molar-refractivity contribution in [3.8, 4) is 0 Å². The van der Waals surface area contributed by atoms with Crippen LogP contribution in [0.1, 0.15) is 19.8 Å². The molecule has 90 valence electrons. The Morgan fingerprint density at radius 1 is 1.47 bits per heavy atom. The fourth-order valence-electron chi connectivity index (χ4n) is 1.88. The predicted molar refractivity (Wildman–Crippen MR) is 56.7 cm³/mol. The third kappa shape index (κ3) is 5.09. The van der Waals surface area contributed by atoms with E-state index in [9.17, 15) is 8.78 Å². The molecular formula is C10H18ClF2NO. The molecule has 0 spiro atoms. The van der Waals surface area contributed by atoms with E-state index in [1.807, 2.05) is 6.92 Å².